The van der Waals surface area contributed by atoms with Gasteiger partial charge in [0, 0.05) is 45.3 Å². The summed E-state index contributed by atoms with van der Waals surface area (Å²) in [5.74, 6) is 1.13. The van der Waals surface area contributed by atoms with E-state index >= 15 is 0 Å². The number of amides is 1. The quantitative estimate of drug-likeness (QED) is 0.671. The second-order valence-corrected chi connectivity index (χ2v) is 8.03. The van der Waals surface area contributed by atoms with E-state index in [-0.39, 0.29) is 48.5 Å². The molecule has 0 bridgehead atoms. The lowest BCUT2D eigenvalue weighted by Crippen LogP contribution is -2.44. The largest absolute Gasteiger partial charge is 0.354 e. The van der Waals surface area contributed by atoms with Gasteiger partial charge in [0.2, 0.25) is 5.91 Å². The highest BCUT2D eigenvalue weighted by Crippen LogP contribution is 2.38. The summed E-state index contributed by atoms with van der Waals surface area (Å²) >= 11 is 0. The third kappa shape index (κ3) is 8.10. The van der Waals surface area contributed by atoms with Crippen LogP contribution in [0.5, 0.6) is 0 Å². The van der Waals surface area contributed by atoms with Crippen LogP contribution in [-0.4, -0.2) is 55.6 Å². The lowest BCUT2D eigenvalue weighted by atomic mass is 9.71. The van der Waals surface area contributed by atoms with Gasteiger partial charge in [-0.1, -0.05) is 19.3 Å². The minimum atomic E-state index is 0. The van der Waals surface area contributed by atoms with Crippen LogP contribution in [0.2, 0.25) is 0 Å². The summed E-state index contributed by atoms with van der Waals surface area (Å²) in [7, 11) is 2.15. The molecule has 0 radical (unpaired) electrons. The fraction of sp³-hybridized carbons (Fsp3) is 0.700. The van der Waals surface area contributed by atoms with Gasteiger partial charge in [-0.05, 0) is 49.5 Å². The van der Waals surface area contributed by atoms with E-state index in [0.29, 0.717) is 19.5 Å². The number of hydrogen-bond acceptors (Lipinski definition) is 5. The molecule has 1 saturated carbocycles. The second-order valence-electron chi connectivity index (χ2n) is 8.03. The lowest BCUT2D eigenvalue weighted by molar-refractivity contribution is -0.124. The zero-order valence-corrected chi connectivity index (χ0v) is 19.7. The first kappa shape index (κ1) is 28.2. The molecule has 0 unspecified atom stereocenters. The molecule has 6 nitrogen and oxygen atoms in total. The number of hydrogen-bond donors (Lipinski definition) is 2. The van der Waals surface area contributed by atoms with Crippen LogP contribution in [-0.2, 0) is 11.3 Å². The summed E-state index contributed by atoms with van der Waals surface area (Å²) in [5, 5.41) is 3.09. The molecule has 2 heterocycles. The second kappa shape index (κ2) is 13.5. The van der Waals surface area contributed by atoms with E-state index in [0.717, 1.165) is 50.4 Å². The van der Waals surface area contributed by atoms with Crippen molar-refractivity contribution < 1.29 is 4.79 Å². The Kier molecular flexibility index (Phi) is 13.1. The van der Waals surface area contributed by atoms with Gasteiger partial charge in [0.25, 0.3) is 0 Å². The molecule has 2 fully saturated rings. The molecular formula is C20H36Cl3N5O. The summed E-state index contributed by atoms with van der Waals surface area (Å²) in [6.45, 7) is 5.29. The van der Waals surface area contributed by atoms with Crippen molar-refractivity contribution >= 4 is 48.9 Å². The van der Waals surface area contributed by atoms with E-state index in [2.05, 4.69) is 33.2 Å². The van der Waals surface area contributed by atoms with Gasteiger partial charge in [-0.2, -0.15) is 0 Å². The number of piperazine rings is 1. The number of nitrogens with zero attached hydrogens (tertiary/aromatic N) is 3. The van der Waals surface area contributed by atoms with E-state index in [1.807, 2.05) is 12.3 Å². The van der Waals surface area contributed by atoms with Gasteiger partial charge < -0.3 is 20.9 Å². The van der Waals surface area contributed by atoms with Crippen LogP contribution in [0.1, 0.15) is 44.1 Å². The standard InChI is InChI=1S/C20H33N5O.3ClH/c1-24-9-11-25(12-10-24)18-13-17(5-8-22-18)15-23-19(26)14-20(16-21)6-3-2-4-7-20;;;/h5,8,13H,2-4,6-7,9-12,14-16,21H2,1H3,(H,23,26);3*1H. The third-order valence-electron chi connectivity index (χ3n) is 6.01. The van der Waals surface area contributed by atoms with E-state index < -0.39 is 0 Å². The molecule has 9 heteroatoms. The van der Waals surface area contributed by atoms with E-state index in [1.54, 1.807) is 0 Å². The highest BCUT2D eigenvalue weighted by molar-refractivity contribution is 5.86. The first-order chi connectivity index (χ1) is 12.6. The first-order valence-electron chi connectivity index (χ1n) is 9.95. The molecule has 1 aliphatic carbocycles. The smallest absolute Gasteiger partial charge is 0.220 e. The van der Waals surface area contributed by atoms with Crippen LogP contribution in [0, 0.1) is 5.41 Å². The molecule has 3 rings (SSSR count). The van der Waals surface area contributed by atoms with Crippen molar-refractivity contribution in [1.82, 2.24) is 15.2 Å². The number of carbonyl (C=O) groups excluding carboxylic acids is 1. The predicted molar refractivity (Wildman–Crippen MR) is 127 cm³/mol. The zero-order chi connectivity index (χ0) is 18.4. The van der Waals surface area contributed by atoms with Crippen molar-refractivity contribution in [3.8, 4) is 0 Å². The van der Waals surface area contributed by atoms with E-state index in [4.69, 9.17) is 5.73 Å². The van der Waals surface area contributed by atoms with Gasteiger partial charge in [-0.15, -0.1) is 37.2 Å². The minimum Gasteiger partial charge on any atom is -0.354 e. The van der Waals surface area contributed by atoms with Gasteiger partial charge in [-0.25, -0.2) is 4.98 Å². The molecule has 1 aromatic rings. The SMILES string of the molecule is CN1CCN(c2cc(CNC(=O)CC3(CN)CCCCC3)ccn2)CC1.Cl.Cl.Cl. The summed E-state index contributed by atoms with van der Waals surface area (Å²) < 4.78 is 0. The summed E-state index contributed by atoms with van der Waals surface area (Å²) in [6, 6.07) is 4.09. The van der Waals surface area contributed by atoms with E-state index in [9.17, 15) is 4.79 Å². The number of halogens is 3. The molecule has 1 saturated heterocycles. The molecule has 29 heavy (non-hydrogen) atoms. The van der Waals surface area contributed by atoms with Gasteiger partial charge >= 0.3 is 0 Å². The number of nitrogens with two attached hydrogens (primary N) is 1. The fourth-order valence-corrected chi connectivity index (χ4v) is 4.14. The monoisotopic (exact) mass is 467 g/mol. The Bertz CT molecular complexity index is 606. The van der Waals surface area contributed by atoms with Crippen LogP contribution in [0.15, 0.2) is 18.3 Å². The van der Waals surface area contributed by atoms with Gasteiger partial charge in [0.15, 0.2) is 0 Å². The Hall–Kier alpha value is -0.790. The normalized spacial score (nSPS) is 18.6. The minimum absolute atomic E-state index is 0. The number of pyridine rings is 1. The average Bonchev–Trinajstić information content (AvgIpc) is 2.68. The molecular weight excluding hydrogens is 433 g/mol. The maximum atomic E-state index is 12.5. The zero-order valence-electron chi connectivity index (χ0n) is 17.3. The molecule has 2 aliphatic rings. The number of likely N-dealkylation sites (N-methyl/N-ethyl adjacent to an activating group) is 1. The van der Waals surface area contributed by atoms with Crippen molar-refractivity contribution in [3.63, 3.8) is 0 Å². The number of anilines is 1. The van der Waals surface area contributed by atoms with Gasteiger partial charge in [0.1, 0.15) is 5.82 Å². The molecule has 0 aromatic carbocycles. The third-order valence-corrected chi connectivity index (χ3v) is 6.01. The Labute approximate surface area is 193 Å². The van der Waals surface area contributed by atoms with Crippen molar-refractivity contribution in [1.29, 1.82) is 0 Å². The molecule has 1 aromatic heterocycles. The number of carbonyl (C=O) groups is 1. The molecule has 1 amide bonds. The summed E-state index contributed by atoms with van der Waals surface area (Å²) in [4.78, 5) is 21.6. The first-order valence-corrected chi connectivity index (χ1v) is 9.95. The van der Waals surface area contributed by atoms with Crippen LogP contribution in [0.3, 0.4) is 0 Å². The Morgan fingerprint density at radius 2 is 1.79 bits per heavy atom. The molecule has 168 valence electrons. The van der Waals surface area contributed by atoms with E-state index in [1.165, 1.54) is 19.3 Å². The number of nitrogens with one attached hydrogen (secondary N) is 1. The van der Waals surface area contributed by atoms with Crippen LogP contribution in [0.25, 0.3) is 0 Å². The highest BCUT2D eigenvalue weighted by atomic mass is 35.5. The molecule has 0 atom stereocenters. The number of aromatic nitrogens is 1. The highest BCUT2D eigenvalue weighted by Gasteiger charge is 2.32. The Balaban J connectivity index is 0.00000261. The van der Waals surface area contributed by atoms with Crippen molar-refractivity contribution in [3.05, 3.63) is 23.9 Å². The Morgan fingerprint density at radius 1 is 1.14 bits per heavy atom. The van der Waals surface area contributed by atoms with Crippen LogP contribution < -0.4 is 16.0 Å². The van der Waals surface area contributed by atoms with Crippen molar-refractivity contribution in [2.45, 2.75) is 45.1 Å². The lowest BCUT2D eigenvalue weighted by Gasteiger charge is -2.35. The van der Waals surface area contributed by atoms with Crippen LogP contribution in [0.4, 0.5) is 5.82 Å². The maximum Gasteiger partial charge on any atom is 0.220 e. The Morgan fingerprint density at radius 3 is 2.41 bits per heavy atom. The molecule has 3 N–H and O–H groups in total. The maximum absolute atomic E-state index is 12.5. The van der Waals surface area contributed by atoms with Gasteiger partial charge in [-0.3, -0.25) is 4.79 Å². The van der Waals surface area contributed by atoms with Crippen molar-refractivity contribution in [2.24, 2.45) is 11.1 Å². The van der Waals surface area contributed by atoms with Crippen molar-refractivity contribution in [2.75, 3.05) is 44.7 Å². The molecule has 1 aliphatic heterocycles. The summed E-state index contributed by atoms with van der Waals surface area (Å²) in [6.07, 6.45) is 8.24. The van der Waals surface area contributed by atoms with Gasteiger partial charge in [0.05, 0.1) is 0 Å². The number of rotatable bonds is 6. The fourth-order valence-electron chi connectivity index (χ4n) is 4.14. The summed E-state index contributed by atoms with van der Waals surface area (Å²) in [5.41, 5.74) is 7.13. The average molecular weight is 469 g/mol. The van der Waals surface area contributed by atoms with Crippen LogP contribution >= 0.6 is 37.2 Å². The molecule has 0 spiro atoms. The predicted octanol–water partition coefficient (Wildman–Crippen LogP) is 3.01. The topological polar surface area (TPSA) is 74.5 Å².